The number of rotatable bonds is 7. The van der Waals surface area contributed by atoms with Gasteiger partial charge in [0.15, 0.2) is 0 Å². The topological polar surface area (TPSA) is 107 Å². The second kappa shape index (κ2) is 11.8. The lowest BCUT2D eigenvalue weighted by molar-refractivity contribution is -0.129. The SMILES string of the molecule is CN=Cc1cc(-c2ccnc3[nH]c(-c4ccc(N5CCOCC5)cc4)cc23)ccc1O[C@@H]1CCN(C(=O)CC#N)C1. The molecular weight excluding hydrogens is 516 g/mol. The van der Waals surface area contributed by atoms with E-state index in [-0.39, 0.29) is 18.4 Å². The number of nitriles is 1. The largest absolute Gasteiger partial charge is 0.488 e. The monoisotopic (exact) mass is 548 g/mol. The van der Waals surface area contributed by atoms with Crippen LogP contribution < -0.4 is 9.64 Å². The lowest BCUT2D eigenvalue weighted by Crippen LogP contribution is -2.36. The van der Waals surface area contributed by atoms with Crippen LogP contribution in [0.25, 0.3) is 33.4 Å². The van der Waals surface area contributed by atoms with Crippen LogP contribution in [0.3, 0.4) is 0 Å². The zero-order valence-corrected chi connectivity index (χ0v) is 23.0. The van der Waals surface area contributed by atoms with E-state index in [1.54, 1.807) is 18.2 Å². The summed E-state index contributed by atoms with van der Waals surface area (Å²) in [6, 6.07) is 20.8. The number of carbonyl (C=O) groups excluding carboxylic acids is 1. The fourth-order valence-electron chi connectivity index (χ4n) is 5.58. The zero-order valence-electron chi connectivity index (χ0n) is 23.0. The molecule has 0 spiro atoms. The van der Waals surface area contributed by atoms with Gasteiger partial charge in [-0.15, -0.1) is 0 Å². The van der Waals surface area contributed by atoms with Crippen LogP contribution in [0, 0.1) is 11.3 Å². The van der Waals surface area contributed by atoms with E-state index in [4.69, 9.17) is 14.7 Å². The molecule has 9 heteroatoms. The molecule has 1 N–H and O–H groups in total. The van der Waals surface area contributed by atoms with Gasteiger partial charge in [-0.05, 0) is 53.1 Å². The first kappa shape index (κ1) is 26.5. The van der Waals surface area contributed by atoms with Crippen molar-refractivity contribution in [2.45, 2.75) is 18.9 Å². The number of aliphatic imine (C=N–C) groups is 1. The van der Waals surface area contributed by atoms with Gasteiger partial charge in [0.25, 0.3) is 0 Å². The Morgan fingerprint density at radius 1 is 1.15 bits per heavy atom. The van der Waals surface area contributed by atoms with Crippen LogP contribution >= 0.6 is 0 Å². The number of hydrogen-bond acceptors (Lipinski definition) is 7. The van der Waals surface area contributed by atoms with Crippen LogP contribution in [0.4, 0.5) is 5.69 Å². The van der Waals surface area contributed by atoms with Crippen molar-refractivity contribution in [2.24, 2.45) is 4.99 Å². The molecule has 2 fully saturated rings. The van der Waals surface area contributed by atoms with E-state index in [2.05, 4.69) is 62.3 Å². The fourth-order valence-corrected chi connectivity index (χ4v) is 5.58. The van der Waals surface area contributed by atoms with Crippen LogP contribution in [0.2, 0.25) is 0 Å². The molecule has 2 saturated heterocycles. The normalized spacial score (nSPS) is 17.3. The summed E-state index contributed by atoms with van der Waals surface area (Å²) in [6.45, 7) is 4.43. The van der Waals surface area contributed by atoms with Gasteiger partial charge in [-0.1, -0.05) is 18.2 Å². The summed E-state index contributed by atoms with van der Waals surface area (Å²) >= 11 is 0. The molecule has 41 heavy (non-hydrogen) atoms. The number of aromatic nitrogens is 2. The minimum Gasteiger partial charge on any atom is -0.488 e. The van der Waals surface area contributed by atoms with Gasteiger partial charge in [0.05, 0.1) is 25.8 Å². The summed E-state index contributed by atoms with van der Waals surface area (Å²) in [5, 5.41) is 9.88. The second-order valence-corrected chi connectivity index (χ2v) is 10.3. The molecule has 0 unspecified atom stereocenters. The maximum atomic E-state index is 12.1. The van der Waals surface area contributed by atoms with Gasteiger partial charge in [0.2, 0.25) is 5.91 Å². The van der Waals surface area contributed by atoms with Crippen molar-refractivity contribution in [1.29, 1.82) is 5.26 Å². The molecule has 6 rings (SSSR count). The van der Waals surface area contributed by atoms with Crippen LogP contribution in [-0.2, 0) is 9.53 Å². The van der Waals surface area contributed by atoms with E-state index in [1.807, 2.05) is 24.4 Å². The third-order valence-corrected chi connectivity index (χ3v) is 7.70. The Morgan fingerprint density at radius 3 is 2.73 bits per heavy atom. The Kier molecular flexibility index (Phi) is 7.65. The number of fused-ring (bicyclic) bond motifs is 1. The number of aromatic amines is 1. The second-order valence-electron chi connectivity index (χ2n) is 10.3. The van der Waals surface area contributed by atoms with Gasteiger partial charge in [0, 0.05) is 67.8 Å². The third-order valence-electron chi connectivity index (χ3n) is 7.70. The highest BCUT2D eigenvalue weighted by Gasteiger charge is 2.28. The maximum absolute atomic E-state index is 12.1. The van der Waals surface area contributed by atoms with E-state index in [0.29, 0.717) is 13.1 Å². The Balaban J connectivity index is 1.25. The van der Waals surface area contributed by atoms with E-state index >= 15 is 0 Å². The molecule has 0 aliphatic carbocycles. The number of ether oxygens (including phenoxy) is 2. The summed E-state index contributed by atoms with van der Waals surface area (Å²) in [5.74, 6) is 0.573. The molecule has 2 aliphatic heterocycles. The predicted octanol–water partition coefficient (Wildman–Crippen LogP) is 4.68. The Labute approximate surface area is 239 Å². The zero-order chi connectivity index (χ0) is 28.2. The van der Waals surface area contributed by atoms with Crippen molar-refractivity contribution in [1.82, 2.24) is 14.9 Å². The number of pyridine rings is 1. The number of carbonyl (C=O) groups is 1. The van der Waals surface area contributed by atoms with Gasteiger partial charge < -0.3 is 24.3 Å². The Hall–Kier alpha value is -4.68. The maximum Gasteiger partial charge on any atom is 0.236 e. The van der Waals surface area contributed by atoms with Gasteiger partial charge in [-0.2, -0.15) is 5.26 Å². The molecule has 2 aromatic heterocycles. The average molecular weight is 549 g/mol. The number of likely N-dealkylation sites (tertiary alicyclic amines) is 1. The van der Waals surface area contributed by atoms with Gasteiger partial charge >= 0.3 is 0 Å². The van der Waals surface area contributed by atoms with Crippen molar-refractivity contribution < 1.29 is 14.3 Å². The van der Waals surface area contributed by atoms with E-state index in [1.165, 1.54) is 5.69 Å². The molecule has 4 aromatic rings. The summed E-state index contributed by atoms with van der Waals surface area (Å²) in [7, 11) is 1.74. The summed E-state index contributed by atoms with van der Waals surface area (Å²) < 4.78 is 11.8. The van der Waals surface area contributed by atoms with Crippen LogP contribution in [0.5, 0.6) is 5.75 Å². The summed E-state index contributed by atoms with van der Waals surface area (Å²) in [6.07, 6.45) is 4.12. The molecule has 9 nitrogen and oxygen atoms in total. The molecule has 0 bridgehead atoms. The van der Waals surface area contributed by atoms with E-state index in [9.17, 15) is 4.79 Å². The van der Waals surface area contributed by atoms with Crippen molar-refractivity contribution in [2.75, 3.05) is 51.3 Å². The number of morpholine rings is 1. The number of hydrogen-bond donors (Lipinski definition) is 1. The fraction of sp³-hybridized carbons (Fsp3) is 0.312. The molecule has 1 atom stereocenters. The number of benzene rings is 2. The Morgan fingerprint density at radius 2 is 1.95 bits per heavy atom. The van der Waals surface area contributed by atoms with Crippen molar-refractivity contribution in [3.8, 4) is 34.2 Å². The van der Waals surface area contributed by atoms with Crippen molar-refractivity contribution in [3.63, 3.8) is 0 Å². The van der Waals surface area contributed by atoms with Gasteiger partial charge in [-0.25, -0.2) is 4.98 Å². The molecule has 0 saturated carbocycles. The number of anilines is 1. The number of nitrogens with one attached hydrogen (secondary N) is 1. The third kappa shape index (κ3) is 5.65. The molecule has 208 valence electrons. The molecule has 2 aromatic carbocycles. The Bertz CT molecular complexity index is 1610. The molecule has 4 heterocycles. The van der Waals surface area contributed by atoms with Crippen LogP contribution in [-0.4, -0.2) is 79.5 Å². The lowest BCUT2D eigenvalue weighted by Gasteiger charge is -2.28. The van der Waals surface area contributed by atoms with Gasteiger partial charge in [-0.3, -0.25) is 9.79 Å². The number of nitrogens with zero attached hydrogens (tertiary/aromatic N) is 5. The smallest absolute Gasteiger partial charge is 0.236 e. The quantitative estimate of drug-likeness (QED) is 0.336. The highest BCUT2D eigenvalue weighted by Crippen LogP contribution is 2.34. The minimum absolute atomic E-state index is 0.101. The molecule has 1 amide bonds. The summed E-state index contributed by atoms with van der Waals surface area (Å²) in [4.78, 5) is 28.5. The van der Waals surface area contributed by atoms with E-state index in [0.717, 1.165) is 77.5 Å². The number of amides is 1. The highest BCUT2D eigenvalue weighted by atomic mass is 16.5. The first-order valence-corrected chi connectivity index (χ1v) is 13.9. The molecule has 0 radical (unpaired) electrons. The lowest BCUT2D eigenvalue weighted by atomic mass is 10.0. The van der Waals surface area contributed by atoms with Crippen LogP contribution in [0.15, 0.2) is 65.8 Å². The predicted molar refractivity (Wildman–Crippen MR) is 159 cm³/mol. The first-order chi connectivity index (χ1) is 20.1. The van der Waals surface area contributed by atoms with Crippen molar-refractivity contribution >= 4 is 28.8 Å². The summed E-state index contributed by atoms with van der Waals surface area (Å²) in [5.41, 5.74) is 7.12. The standard InChI is InChI=1S/C32H32N6O3/c1-34-20-24-18-23(4-7-30(24)41-26-10-13-38(21-26)31(39)8-11-33)27-9-12-35-32-28(27)19-29(36-32)22-2-5-25(6-3-22)37-14-16-40-17-15-37/h2-7,9,12,18-20,26H,8,10,13-17,21H2,1H3,(H,35,36)/t26-/m1/s1. The van der Waals surface area contributed by atoms with Crippen molar-refractivity contribution in [3.05, 3.63) is 66.4 Å². The molecule has 2 aliphatic rings. The minimum atomic E-state index is -0.148. The number of H-pyrrole nitrogens is 1. The average Bonchev–Trinajstić information content (AvgIpc) is 3.66. The first-order valence-electron chi connectivity index (χ1n) is 13.9. The highest BCUT2D eigenvalue weighted by molar-refractivity contribution is 5.97. The van der Waals surface area contributed by atoms with Gasteiger partial charge in [0.1, 0.15) is 23.9 Å². The molecular formula is C32H32N6O3. The van der Waals surface area contributed by atoms with Crippen LogP contribution in [0.1, 0.15) is 18.4 Å². The van der Waals surface area contributed by atoms with E-state index < -0.39 is 0 Å².